The van der Waals surface area contributed by atoms with Gasteiger partial charge in [-0.1, -0.05) is 127 Å². The van der Waals surface area contributed by atoms with Crippen molar-refractivity contribution in [3.8, 4) is 22.3 Å². The lowest BCUT2D eigenvalue weighted by Gasteiger charge is -2.37. The van der Waals surface area contributed by atoms with Crippen molar-refractivity contribution in [1.82, 2.24) is 0 Å². The monoisotopic (exact) mass is 848 g/mol. The van der Waals surface area contributed by atoms with E-state index in [1.165, 1.54) is 15.9 Å². The number of amides is 4. The van der Waals surface area contributed by atoms with E-state index in [4.69, 9.17) is 0 Å². The largest absolute Gasteiger partial charge is 0.416 e. The number of benzene rings is 6. The van der Waals surface area contributed by atoms with E-state index < -0.39 is 35.4 Å². The molecule has 0 N–H and O–H groups in total. The van der Waals surface area contributed by atoms with Crippen molar-refractivity contribution < 1.29 is 32.3 Å². The Balaban J connectivity index is 1.59. The zero-order valence-electron chi connectivity index (χ0n) is 37.6. The van der Waals surface area contributed by atoms with Gasteiger partial charge in [0, 0.05) is 21.9 Å². The number of halogens is 3. The first kappa shape index (κ1) is 43.3. The number of imide groups is 2. The van der Waals surface area contributed by atoms with Crippen LogP contribution in [0.3, 0.4) is 0 Å². The molecule has 4 amide bonds. The molecule has 0 saturated heterocycles. The Hall–Kier alpha value is -6.35. The molecule has 0 atom stereocenters. The van der Waals surface area contributed by atoms with Crippen LogP contribution in [-0.2, 0) is 6.18 Å². The third-order valence-corrected chi connectivity index (χ3v) is 12.5. The molecule has 0 saturated carbocycles. The van der Waals surface area contributed by atoms with Crippen molar-refractivity contribution in [2.45, 2.75) is 106 Å². The Morgan fingerprint density at radius 2 is 0.762 bits per heavy atom. The Labute approximate surface area is 366 Å². The van der Waals surface area contributed by atoms with Gasteiger partial charge < -0.3 is 0 Å². The van der Waals surface area contributed by atoms with E-state index in [9.17, 15) is 13.2 Å². The predicted molar refractivity (Wildman–Crippen MR) is 246 cm³/mol. The fraction of sp³-hybridized carbons (Fsp3) is 0.296. The predicted octanol–water partition coefficient (Wildman–Crippen LogP) is 14.2. The van der Waals surface area contributed by atoms with Gasteiger partial charge in [-0.15, -0.1) is 0 Å². The number of anilines is 2. The molecule has 0 unspecified atom stereocenters. The summed E-state index contributed by atoms with van der Waals surface area (Å²) in [5.41, 5.74) is 6.35. The first-order valence-electron chi connectivity index (χ1n) is 21.6. The Morgan fingerprint density at radius 1 is 0.429 bits per heavy atom. The molecule has 63 heavy (non-hydrogen) atoms. The highest BCUT2D eigenvalue weighted by molar-refractivity contribution is 6.45. The second-order valence-electron chi connectivity index (χ2n) is 18.5. The third kappa shape index (κ3) is 6.96. The molecular weight excluding hydrogens is 798 g/mol. The molecule has 6 aromatic carbocycles. The van der Waals surface area contributed by atoms with Crippen molar-refractivity contribution in [3.63, 3.8) is 0 Å². The molecule has 6 aromatic rings. The van der Waals surface area contributed by atoms with Crippen LogP contribution in [0.2, 0.25) is 0 Å². The van der Waals surface area contributed by atoms with Crippen LogP contribution in [0.4, 0.5) is 24.5 Å². The van der Waals surface area contributed by atoms with Crippen LogP contribution in [0.1, 0.15) is 165 Å². The highest BCUT2D eigenvalue weighted by Crippen LogP contribution is 2.50. The van der Waals surface area contributed by atoms with Gasteiger partial charge in [-0.05, 0) is 119 Å². The molecule has 2 aliphatic rings. The van der Waals surface area contributed by atoms with Crippen LogP contribution in [0, 0.1) is 20.8 Å². The van der Waals surface area contributed by atoms with Gasteiger partial charge in [-0.2, -0.15) is 13.2 Å². The Morgan fingerprint density at radius 3 is 1.10 bits per heavy atom. The van der Waals surface area contributed by atoms with Gasteiger partial charge >= 0.3 is 6.18 Å². The maximum atomic E-state index is 15.7. The molecule has 2 aliphatic heterocycles. The smallest absolute Gasteiger partial charge is 0.268 e. The summed E-state index contributed by atoms with van der Waals surface area (Å²) in [6.07, 6.45) is -4.73. The normalized spacial score (nSPS) is 14.2. The molecule has 0 aromatic heterocycles. The fourth-order valence-corrected chi connectivity index (χ4v) is 9.70. The van der Waals surface area contributed by atoms with Gasteiger partial charge in [0.2, 0.25) is 0 Å². The van der Waals surface area contributed by atoms with Gasteiger partial charge in [0.15, 0.2) is 0 Å². The Bertz CT molecular complexity index is 2900. The number of nitrogens with zero attached hydrogens (tertiary/aromatic N) is 2. The van der Waals surface area contributed by atoms with Gasteiger partial charge in [-0.3, -0.25) is 19.2 Å². The summed E-state index contributed by atoms with van der Waals surface area (Å²) in [5, 5.41) is 0.203. The number of carbonyl (C=O) groups excluding carboxylic acids is 4. The molecule has 2 heterocycles. The molecule has 9 heteroatoms. The maximum absolute atomic E-state index is 15.7. The maximum Gasteiger partial charge on any atom is 0.416 e. The Kier molecular flexibility index (Phi) is 10.6. The lowest BCUT2D eigenvalue weighted by molar-refractivity contribution is -0.137. The lowest BCUT2D eigenvalue weighted by atomic mass is 9.77. The summed E-state index contributed by atoms with van der Waals surface area (Å²) < 4.78 is 43.9. The highest BCUT2D eigenvalue weighted by atomic mass is 19.4. The average molecular weight is 849 g/mol. The van der Waals surface area contributed by atoms with E-state index in [2.05, 4.69) is 0 Å². The number of hydrogen-bond donors (Lipinski definition) is 0. The summed E-state index contributed by atoms with van der Waals surface area (Å²) in [6.45, 7) is 21.3. The van der Waals surface area contributed by atoms with Crippen molar-refractivity contribution in [2.24, 2.45) is 0 Å². The van der Waals surface area contributed by atoms with Crippen LogP contribution >= 0.6 is 0 Å². The van der Waals surface area contributed by atoms with E-state index in [-0.39, 0.29) is 73.4 Å². The van der Waals surface area contributed by atoms with Gasteiger partial charge in [0.25, 0.3) is 23.6 Å². The van der Waals surface area contributed by atoms with Crippen LogP contribution in [0.5, 0.6) is 0 Å². The van der Waals surface area contributed by atoms with Crippen LogP contribution in [0.15, 0.2) is 84.9 Å². The van der Waals surface area contributed by atoms with Crippen molar-refractivity contribution in [1.29, 1.82) is 0 Å². The SMILES string of the molecule is Cc1cc(C)cc(-c2cc3c4c(c(-c5cc(C)cc(C(F)(F)F)c5)cc5c4c2C(=O)N(c2c(C(C)C)cccc2C(C)C)C5=O)C(=O)N(c2c(C(C)C)cccc2C(C)C)C3=O)c1. The quantitative estimate of drug-likeness (QED) is 0.143. The minimum absolute atomic E-state index is 0.00801. The standard InChI is InChI=1S/C54H51F3N2O4/c1-26(2)36-14-12-15-37(27(3)4)48(36)58-51(61)43-25-41(34-21-32(11)22-35(23-34)54(55,56)57)47-45-42(24-40(46(44(43)45)52(58)62)33-19-30(9)18-31(10)20-33)50(60)59(53(47)63)49-38(28(5)6)16-13-17-39(49)29(7)8/h12-29H,1-11H3. The van der Waals surface area contributed by atoms with Crippen molar-refractivity contribution in [3.05, 3.63) is 152 Å². The first-order chi connectivity index (χ1) is 29.6. The van der Waals surface area contributed by atoms with E-state index in [0.717, 1.165) is 45.5 Å². The number of rotatable bonds is 8. The summed E-state index contributed by atoms with van der Waals surface area (Å²) in [7, 11) is 0. The second kappa shape index (κ2) is 15.5. The highest BCUT2D eigenvalue weighted by Gasteiger charge is 2.46. The molecule has 0 fully saturated rings. The summed E-state index contributed by atoms with van der Waals surface area (Å²) in [6, 6.07) is 23.9. The van der Waals surface area contributed by atoms with Gasteiger partial charge in [-0.25, -0.2) is 9.80 Å². The number of alkyl halides is 3. The molecule has 6 nitrogen and oxygen atoms in total. The summed E-state index contributed by atoms with van der Waals surface area (Å²) in [5.74, 6) is -3.19. The molecule has 322 valence electrons. The van der Waals surface area contributed by atoms with Crippen LogP contribution in [0.25, 0.3) is 33.0 Å². The first-order valence-corrected chi connectivity index (χ1v) is 21.6. The fourth-order valence-electron chi connectivity index (χ4n) is 9.70. The average Bonchev–Trinajstić information content (AvgIpc) is 3.20. The molecule has 0 spiro atoms. The molecule has 0 bridgehead atoms. The summed E-state index contributed by atoms with van der Waals surface area (Å²) in [4.78, 5) is 64.9. The molecule has 0 aliphatic carbocycles. The number of carbonyl (C=O) groups is 4. The van der Waals surface area contributed by atoms with E-state index in [1.807, 2.05) is 124 Å². The summed E-state index contributed by atoms with van der Waals surface area (Å²) >= 11 is 0. The number of para-hydroxylation sites is 2. The number of aryl methyl sites for hydroxylation is 3. The van der Waals surface area contributed by atoms with E-state index >= 15 is 19.2 Å². The molecule has 0 radical (unpaired) electrons. The zero-order valence-corrected chi connectivity index (χ0v) is 37.6. The lowest BCUT2D eigenvalue weighted by Crippen LogP contribution is -2.45. The van der Waals surface area contributed by atoms with Crippen molar-refractivity contribution in [2.75, 3.05) is 9.80 Å². The van der Waals surface area contributed by atoms with Crippen LogP contribution in [-0.4, -0.2) is 23.6 Å². The van der Waals surface area contributed by atoms with Crippen LogP contribution < -0.4 is 9.80 Å². The number of hydrogen-bond acceptors (Lipinski definition) is 4. The molecular formula is C54H51F3N2O4. The van der Waals surface area contributed by atoms with E-state index in [1.54, 1.807) is 19.1 Å². The van der Waals surface area contributed by atoms with Gasteiger partial charge in [0.1, 0.15) is 0 Å². The van der Waals surface area contributed by atoms with E-state index in [0.29, 0.717) is 22.5 Å². The zero-order chi connectivity index (χ0) is 45.7. The minimum atomic E-state index is -4.73. The minimum Gasteiger partial charge on any atom is -0.268 e. The topological polar surface area (TPSA) is 74.8 Å². The van der Waals surface area contributed by atoms with Crippen molar-refractivity contribution >= 4 is 45.8 Å². The second-order valence-corrected chi connectivity index (χ2v) is 18.5. The third-order valence-electron chi connectivity index (χ3n) is 12.5. The molecule has 8 rings (SSSR count). The van der Waals surface area contributed by atoms with Gasteiger partial charge in [0.05, 0.1) is 28.1 Å².